The van der Waals surface area contributed by atoms with Crippen LogP contribution >= 0.6 is 0 Å². The van der Waals surface area contributed by atoms with Gasteiger partial charge in [-0.2, -0.15) is 0 Å². The Kier molecular flexibility index (Phi) is 8.30. The van der Waals surface area contributed by atoms with Crippen LogP contribution in [0.5, 0.6) is 0 Å². The number of esters is 1. The van der Waals surface area contributed by atoms with Gasteiger partial charge in [0, 0.05) is 0 Å². The Hall–Kier alpha value is -0.530. The van der Waals surface area contributed by atoms with E-state index in [4.69, 9.17) is 4.74 Å². The fourth-order valence-corrected chi connectivity index (χ4v) is 5.89. The minimum absolute atomic E-state index is 0.0838. The monoisotopic (exact) mass is 406 g/mol. The van der Waals surface area contributed by atoms with Gasteiger partial charge in [-0.3, -0.25) is 4.79 Å². The van der Waals surface area contributed by atoms with Crippen LogP contribution in [-0.2, 0) is 9.53 Å². The maximum absolute atomic E-state index is 13.0. The van der Waals surface area contributed by atoms with Gasteiger partial charge in [0.1, 0.15) is 5.60 Å². The highest BCUT2D eigenvalue weighted by Crippen LogP contribution is 2.49. The molecule has 2 nitrogen and oxygen atoms in total. The van der Waals surface area contributed by atoms with Crippen molar-refractivity contribution < 1.29 is 9.53 Å². The third-order valence-corrected chi connectivity index (χ3v) is 9.02. The lowest BCUT2D eigenvalue weighted by Gasteiger charge is -2.45. The first-order chi connectivity index (χ1) is 13.4. The fraction of sp³-hybridized carbons (Fsp3) is 0.963. The summed E-state index contributed by atoms with van der Waals surface area (Å²) in [6, 6.07) is 0. The van der Waals surface area contributed by atoms with E-state index in [1.165, 1.54) is 57.8 Å². The molecular formula is C27H50O2. The Morgan fingerprint density at radius 2 is 1.41 bits per heavy atom. The molecule has 0 saturated heterocycles. The second-order valence-electron chi connectivity index (χ2n) is 12.3. The lowest BCUT2D eigenvalue weighted by atomic mass is 9.60. The topological polar surface area (TPSA) is 26.3 Å². The van der Waals surface area contributed by atoms with Crippen LogP contribution < -0.4 is 0 Å². The number of hydrogen-bond donors (Lipinski definition) is 0. The molecular weight excluding hydrogens is 356 g/mol. The normalized spacial score (nSPS) is 25.8. The zero-order valence-electron chi connectivity index (χ0n) is 20.9. The van der Waals surface area contributed by atoms with Gasteiger partial charge in [-0.15, -0.1) is 0 Å². The van der Waals surface area contributed by atoms with Gasteiger partial charge >= 0.3 is 5.97 Å². The lowest BCUT2D eigenvalue weighted by molar-refractivity contribution is -0.168. The number of carbonyl (C=O) groups is 1. The first-order valence-corrected chi connectivity index (χ1v) is 12.6. The second-order valence-corrected chi connectivity index (χ2v) is 12.3. The summed E-state index contributed by atoms with van der Waals surface area (Å²) in [5, 5.41) is 0. The van der Waals surface area contributed by atoms with Gasteiger partial charge in [0.15, 0.2) is 0 Å². The maximum atomic E-state index is 13.0. The highest BCUT2D eigenvalue weighted by Gasteiger charge is 2.42. The Morgan fingerprint density at radius 1 is 0.862 bits per heavy atom. The van der Waals surface area contributed by atoms with Crippen LogP contribution in [0.25, 0.3) is 0 Å². The molecule has 0 spiro atoms. The van der Waals surface area contributed by atoms with Crippen LogP contribution in [0.3, 0.4) is 0 Å². The summed E-state index contributed by atoms with van der Waals surface area (Å²) in [5.41, 5.74) is 0.482. The average Bonchev–Trinajstić information content (AvgIpc) is 3.22. The average molecular weight is 407 g/mol. The molecule has 2 fully saturated rings. The summed E-state index contributed by atoms with van der Waals surface area (Å²) in [7, 11) is 0. The molecule has 2 aliphatic carbocycles. The van der Waals surface area contributed by atoms with Crippen molar-refractivity contribution in [1.82, 2.24) is 0 Å². The van der Waals surface area contributed by atoms with E-state index >= 15 is 0 Å². The summed E-state index contributed by atoms with van der Waals surface area (Å²) in [5.74, 6) is 2.25. The zero-order chi connectivity index (χ0) is 21.9. The first kappa shape index (κ1) is 24.7. The molecule has 0 aromatic heterocycles. The zero-order valence-corrected chi connectivity index (χ0v) is 20.9. The fourth-order valence-electron chi connectivity index (χ4n) is 5.89. The molecule has 0 bridgehead atoms. The third kappa shape index (κ3) is 6.47. The number of carbonyl (C=O) groups excluding carboxylic acids is 1. The second kappa shape index (κ2) is 9.73. The molecule has 0 radical (unpaired) electrons. The summed E-state index contributed by atoms with van der Waals surface area (Å²) in [4.78, 5) is 13.0. The molecule has 2 heteroatoms. The van der Waals surface area contributed by atoms with Gasteiger partial charge in [-0.1, -0.05) is 67.2 Å². The summed E-state index contributed by atoms with van der Waals surface area (Å²) in [6.45, 7) is 18.7. The van der Waals surface area contributed by atoms with Gasteiger partial charge in [-0.05, 0) is 87.4 Å². The molecule has 1 unspecified atom stereocenters. The predicted molar refractivity (Wildman–Crippen MR) is 124 cm³/mol. The highest BCUT2D eigenvalue weighted by molar-refractivity contribution is 5.73. The van der Waals surface area contributed by atoms with Crippen molar-refractivity contribution in [2.45, 2.75) is 132 Å². The van der Waals surface area contributed by atoms with E-state index in [-0.39, 0.29) is 17.5 Å². The molecule has 0 heterocycles. The Bertz CT molecular complexity index is 517. The summed E-state index contributed by atoms with van der Waals surface area (Å²) in [6.07, 6.45) is 13.2. The summed E-state index contributed by atoms with van der Waals surface area (Å²) >= 11 is 0. The van der Waals surface area contributed by atoms with E-state index in [1.807, 2.05) is 0 Å². The van der Waals surface area contributed by atoms with Gasteiger partial charge in [0.2, 0.25) is 0 Å². The van der Waals surface area contributed by atoms with Crippen LogP contribution in [0.4, 0.5) is 0 Å². The van der Waals surface area contributed by atoms with Crippen molar-refractivity contribution in [3.63, 3.8) is 0 Å². The molecule has 1 atom stereocenters. The van der Waals surface area contributed by atoms with Gasteiger partial charge in [0.25, 0.3) is 0 Å². The Morgan fingerprint density at radius 3 is 1.90 bits per heavy atom. The van der Waals surface area contributed by atoms with Crippen LogP contribution in [-0.4, -0.2) is 11.6 Å². The van der Waals surface area contributed by atoms with Crippen LogP contribution in [0.2, 0.25) is 0 Å². The molecule has 2 aliphatic rings. The van der Waals surface area contributed by atoms with E-state index < -0.39 is 0 Å². The van der Waals surface area contributed by atoms with E-state index in [1.54, 1.807) is 0 Å². The quantitative estimate of drug-likeness (QED) is 0.361. The number of hydrogen-bond acceptors (Lipinski definition) is 2. The highest BCUT2D eigenvalue weighted by atomic mass is 16.6. The standard InChI is InChI=1S/C27H50O2/c1-9-25(3,4)19-23(26(5,6)10-2)20-15-17-21(18-16-20)24(28)29-27(7,8)22-13-11-12-14-22/h20-23H,9-19H2,1-8H3. The molecule has 2 saturated carbocycles. The maximum Gasteiger partial charge on any atom is 0.309 e. The van der Waals surface area contributed by atoms with E-state index in [9.17, 15) is 4.79 Å². The van der Waals surface area contributed by atoms with E-state index in [0.29, 0.717) is 16.7 Å². The molecule has 29 heavy (non-hydrogen) atoms. The molecule has 170 valence electrons. The van der Waals surface area contributed by atoms with Crippen molar-refractivity contribution in [3.05, 3.63) is 0 Å². The molecule has 0 amide bonds. The van der Waals surface area contributed by atoms with Crippen LogP contribution in [0, 0.1) is 34.5 Å². The molecule has 0 aromatic rings. The minimum atomic E-state index is -0.289. The lowest BCUT2D eigenvalue weighted by Crippen LogP contribution is -2.40. The SMILES string of the molecule is CCC(C)(C)CC(C1CCC(C(=O)OC(C)(C)C2CCCC2)CC1)C(C)(C)CC. The predicted octanol–water partition coefficient (Wildman–Crippen LogP) is 8.18. The van der Waals surface area contributed by atoms with Gasteiger partial charge in [-0.25, -0.2) is 0 Å². The van der Waals surface area contributed by atoms with E-state index in [2.05, 4.69) is 55.4 Å². The minimum Gasteiger partial charge on any atom is -0.459 e. The van der Waals surface area contributed by atoms with E-state index in [0.717, 1.165) is 24.7 Å². The Balaban J connectivity index is 1.97. The van der Waals surface area contributed by atoms with Crippen molar-refractivity contribution in [1.29, 1.82) is 0 Å². The van der Waals surface area contributed by atoms with Crippen LogP contribution in [0.15, 0.2) is 0 Å². The Labute approximate surface area is 181 Å². The smallest absolute Gasteiger partial charge is 0.309 e. The first-order valence-electron chi connectivity index (χ1n) is 12.6. The van der Waals surface area contributed by atoms with Gasteiger partial charge < -0.3 is 4.74 Å². The van der Waals surface area contributed by atoms with Crippen molar-refractivity contribution in [2.24, 2.45) is 34.5 Å². The van der Waals surface area contributed by atoms with Crippen molar-refractivity contribution in [2.75, 3.05) is 0 Å². The molecule has 0 aliphatic heterocycles. The summed E-state index contributed by atoms with van der Waals surface area (Å²) < 4.78 is 6.10. The third-order valence-electron chi connectivity index (χ3n) is 9.02. The van der Waals surface area contributed by atoms with Crippen LogP contribution in [0.1, 0.15) is 126 Å². The van der Waals surface area contributed by atoms with Gasteiger partial charge in [0.05, 0.1) is 5.92 Å². The van der Waals surface area contributed by atoms with Crippen molar-refractivity contribution >= 4 is 5.97 Å². The number of rotatable bonds is 9. The van der Waals surface area contributed by atoms with Crippen molar-refractivity contribution in [3.8, 4) is 0 Å². The molecule has 0 aromatic carbocycles. The molecule has 2 rings (SSSR count). The largest absolute Gasteiger partial charge is 0.459 e. The number of ether oxygens (including phenoxy) is 1. The molecule has 0 N–H and O–H groups in total.